The van der Waals surface area contributed by atoms with E-state index in [2.05, 4.69) is 15.4 Å². The Morgan fingerprint density at radius 3 is 2.72 bits per heavy atom. The van der Waals surface area contributed by atoms with Crippen LogP contribution in [0.5, 0.6) is 5.88 Å². The minimum atomic E-state index is 0.250. The molecule has 0 atom stereocenters. The fraction of sp³-hybridized carbons (Fsp3) is 0.389. The van der Waals surface area contributed by atoms with Crippen molar-refractivity contribution >= 4 is 23.0 Å². The van der Waals surface area contributed by atoms with E-state index in [9.17, 15) is 0 Å². The van der Waals surface area contributed by atoms with Crippen LogP contribution in [-0.4, -0.2) is 25.2 Å². The molecule has 0 spiro atoms. The molecule has 0 bridgehead atoms. The molecule has 0 amide bonds. The average molecular weight is 363 g/mol. The number of rotatable bonds is 11. The number of nitrogens with one attached hydrogen (secondary N) is 2. The largest absolute Gasteiger partial charge is 0.471 e. The molecule has 0 fully saturated rings. The molecule has 1 aromatic carbocycles. The lowest BCUT2D eigenvalue weighted by Crippen LogP contribution is -2.07. The SMILES string of the molecule is COCCCCCNc1c(N=N)cc(Cl)nc1OCc1ccccc1. The number of nitrogens with zero attached hydrogens (tertiary/aromatic N) is 2. The molecule has 1 heterocycles. The van der Waals surface area contributed by atoms with Crippen LogP contribution in [0.25, 0.3) is 0 Å². The van der Waals surface area contributed by atoms with Gasteiger partial charge in [-0.1, -0.05) is 41.9 Å². The molecule has 0 aliphatic heterocycles. The summed E-state index contributed by atoms with van der Waals surface area (Å²) in [5, 5.41) is 7.06. The van der Waals surface area contributed by atoms with E-state index in [0.29, 0.717) is 23.9 Å². The Hall–Kier alpha value is -2.18. The molecule has 0 unspecified atom stereocenters. The lowest BCUT2D eigenvalue weighted by Gasteiger charge is -2.14. The normalized spacial score (nSPS) is 10.5. The number of unbranched alkanes of at least 4 members (excludes halogenated alkanes) is 2. The van der Waals surface area contributed by atoms with Gasteiger partial charge in [-0.15, -0.1) is 0 Å². The summed E-state index contributed by atoms with van der Waals surface area (Å²) in [5.74, 6) is 0.360. The summed E-state index contributed by atoms with van der Waals surface area (Å²) in [5.41, 5.74) is 9.41. The first-order chi connectivity index (χ1) is 12.2. The molecule has 0 aliphatic carbocycles. The molecule has 25 heavy (non-hydrogen) atoms. The van der Waals surface area contributed by atoms with Gasteiger partial charge in [0.2, 0.25) is 5.88 Å². The summed E-state index contributed by atoms with van der Waals surface area (Å²) >= 11 is 6.02. The van der Waals surface area contributed by atoms with E-state index in [4.69, 9.17) is 26.6 Å². The Bertz CT molecular complexity index is 668. The molecule has 0 saturated heterocycles. The lowest BCUT2D eigenvalue weighted by molar-refractivity contribution is 0.192. The van der Waals surface area contributed by atoms with Gasteiger partial charge in [-0.25, -0.2) is 5.53 Å². The number of benzene rings is 1. The molecule has 2 aromatic rings. The van der Waals surface area contributed by atoms with Gasteiger partial charge in [-0.3, -0.25) is 0 Å². The third-order valence-corrected chi connectivity index (χ3v) is 3.79. The van der Waals surface area contributed by atoms with Crippen LogP contribution in [-0.2, 0) is 11.3 Å². The summed E-state index contributed by atoms with van der Waals surface area (Å²) in [6, 6.07) is 11.4. The van der Waals surface area contributed by atoms with Crippen molar-refractivity contribution in [1.29, 1.82) is 5.53 Å². The molecule has 0 aliphatic rings. The molecule has 0 radical (unpaired) electrons. The zero-order valence-electron chi connectivity index (χ0n) is 14.3. The van der Waals surface area contributed by atoms with Crippen LogP contribution in [0, 0.1) is 5.53 Å². The standard InChI is InChI=1S/C18H23ClN4O2/c1-24-11-7-3-6-10-21-17-15(23-20)12-16(19)22-18(17)25-13-14-8-4-2-5-9-14/h2,4-5,8-9,12,20-21H,3,6-7,10-11,13H2,1H3. The van der Waals surface area contributed by atoms with Crippen molar-refractivity contribution in [2.75, 3.05) is 25.6 Å². The second-order valence-electron chi connectivity index (χ2n) is 5.51. The van der Waals surface area contributed by atoms with Gasteiger partial charge in [0.25, 0.3) is 0 Å². The highest BCUT2D eigenvalue weighted by molar-refractivity contribution is 6.29. The van der Waals surface area contributed by atoms with Crippen LogP contribution in [0.2, 0.25) is 5.15 Å². The van der Waals surface area contributed by atoms with Gasteiger partial charge in [0.15, 0.2) is 0 Å². The summed E-state index contributed by atoms with van der Waals surface area (Å²) in [7, 11) is 1.70. The number of methoxy groups -OCH3 is 1. The van der Waals surface area contributed by atoms with E-state index in [0.717, 1.165) is 38.0 Å². The smallest absolute Gasteiger partial charge is 0.241 e. The molecule has 2 rings (SSSR count). The number of hydrogen-bond acceptors (Lipinski definition) is 6. The quantitative estimate of drug-likeness (QED) is 0.327. The highest BCUT2D eigenvalue weighted by atomic mass is 35.5. The van der Waals surface area contributed by atoms with Crippen molar-refractivity contribution in [3.63, 3.8) is 0 Å². The molecule has 2 N–H and O–H groups in total. The minimum Gasteiger partial charge on any atom is -0.471 e. The number of aromatic nitrogens is 1. The maximum absolute atomic E-state index is 7.37. The third kappa shape index (κ3) is 6.32. The van der Waals surface area contributed by atoms with Crippen molar-refractivity contribution < 1.29 is 9.47 Å². The first-order valence-electron chi connectivity index (χ1n) is 8.22. The summed E-state index contributed by atoms with van der Waals surface area (Å²) in [6.45, 7) is 1.87. The van der Waals surface area contributed by atoms with E-state index in [1.165, 1.54) is 0 Å². The molecule has 0 saturated carbocycles. The predicted octanol–water partition coefficient (Wildman–Crippen LogP) is 5.21. The fourth-order valence-corrected chi connectivity index (χ4v) is 2.51. The Labute approximate surface area is 153 Å². The highest BCUT2D eigenvalue weighted by Gasteiger charge is 2.13. The Morgan fingerprint density at radius 1 is 1.20 bits per heavy atom. The molecule has 7 heteroatoms. The van der Waals surface area contributed by atoms with Crippen LogP contribution in [0.1, 0.15) is 24.8 Å². The van der Waals surface area contributed by atoms with Crippen LogP contribution in [0.3, 0.4) is 0 Å². The summed E-state index contributed by atoms with van der Waals surface area (Å²) in [6.07, 6.45) is 3.04. The van der Waals surface area contributed by atoms with E-state index < -0.39 is 0 Å². The van der Waals surface area contributed by atoms with E-state index in [1.54, 1.807) is 13.2 Å². The minimum absolute atomic E-state index is 0.250. The van der Waals surface area contributed by atoms with Gasteiger partial charge in [0.05, 0.1) is 0 Å². The van der Waals surface area contributed by atoms with Crippen LogP contribution >= 0.6 is 11.6 Å². The first-order valence-corrected chi connectivity index (χ1v) is 8.60. The van der Waals surface area contributed by atoms with Gasteiger partial charge in [0, 0.05) is 26.3 Å². The van der Waals surface area contributed by atoms with Crippen LogP contribution in [0.15, 0.2) is 41.5 Å². The van der Waals surface area contributed by atoms with E-state index >= 15 is 0 Å². The van der Waals surface area contributed by atoms with Crippen molar-refractivity contribution in [1.82, 2.24) is 4.98 Å². The first kappa shape index (κ1) is 19.1. The topological polar surface area (TPSA) is 79.6 Å². The Balaban J connectivity index is 2.03. The fourth-order valence-electron chi connectivity index (χ4n) is 2.33. The lowest BCUT2D eigenvalue weighted by atomic mass is 10.2. The number of anilines is 1. The number of ether oxygens (including phenoxy) is 2. The zero-order chi connectivity index (χ0) is 17.9. The highest BCUT2D eigenvalue weighted by Crippen LogP contribution is 2.36. The summed E-state index contributed by atoms with van der Waals surface area (Å²) in [4.78, 5) is 4.24. The van der Waals surface area contributed by atoms with Crippen molar-refractivity contribution in [3.8, 4) is 5.88 Å². The second kappa shape index (κ2) is 10.6. The molecule has 134 valence electrons. The van der Waals surface area contributed by atoms with Crippen LogP contribution < -0.4 is 10.1 Å². The van der Waals surface area contributed by atoms with Crippen molar-refractivity contribution in [3.05, 3.63) is 47.1 Å². The van der Waals surface area contributed by atoms with Crippen molar-refractivity contribution in [2.24, 2.45) is 5.11 Å². The van der Waals surface area contributed by atoms with Gasteiger partial charge in [-0.05, 0) is 24.8 Å². The van der Waals surface area contributed by atoms with E-state index in [1.807, 2.05) is 30.3 Å². The third-order valence-electron chi connectivity index (χ3n) is 3.60. The summed E-state index contributed by atoms with van der Waals surface area (Å²) < 4.78 is 10.9. The Morgan fingerprint density at radius 2 is 2.00 bits per heavy atom. The monoisotopic (exact) mass is 362 g/mol. The number of pyridine rings is 1. The average Bonchev–Trinajstić information content (AvgIpc) is 2.64. The maximum Gasteiger partial charge on any atom is 0.241 e. The van der Waals surface area contributed by atoms with Gasteiger partial charge < -0.3 is 14.8 Å². The molecular formula is C18H23ClN4O2. The zero-order valence-corrected chi connectivity index (χ0v) is 15.1. The molecule has 6 nitrogen and oxygen atoms in total. The second-order valence-corrected chi connectivity index (χ2v) is 5.90. The van der Waals surface area contributed by atoms with Gasteiger partial charge in [-0.2, -0.15) is 10.1 Å². The van der Waals surface area contributed by atoms with E-state index in [-0.39, 0.29) is 5.15 Å². The molecular weight excluding hydrogens is 340 g/mol. The molecule has 1 aromatic heterocycles. The van der Waals surface area contributed by atoms with Gasteiger partial charge in [0.1, 0.15) is 23.1 Å². The number of halogens is 1. The van der Waals surface area contributed by atoms with Crippen molar-refractivity contribution in [2.45, 2.75) is 25.9 Å². The number of hydrogen-bond donors (Lipinski definition) is 2. The van der Waals surface area contributed by atoms with Gasteiger partial charge >= 0.3 is 0 Å². The van der Waals surface area contributed by atoms with Crippen LogP contribution in [0.4, 0.5) is 11.4 Å². The maximum atomic E-state index is 7.37. The Kier molecular flexibility index (Phi) is 8.15. The predicted molar refractivity (Wildman–Crippen MR) is 99.0 cm³/mol.